The van der Waals surface area contributed by atoms with E-state index in [0.717, 1.165) is 19.3 Å². The summed E-state index contributed by atoms with van der Waals surface area (Å²) in [5, 5.41) is 0. The van der Waals surface area contributed by atoms with E-state index in [1.54, 1.807) is 0 Å². The molecule has 1 saturated carbocycles. The maximum Gasteiger partial charge on any atom is 0.242 e. The van der Waals surface area contributed by atoms with Crippen LogP contribution in [0.5, 0.6) is 0 Å². The van der Waals surface area contributed by atoms with E-state index in [9.17, 15) is 4.79 Å². The molecule has 1 amide bonds. The molecule has 0 spiro atoms. The van der Waals surface area contributed by atoms with Gasteiger partial charge in [-0.25, -0.2) is 0 Å². The van der Waals surface area contributed by atoms with E-state index >= 15 is 0 Å². The van der Waals surface area contributed by atoms with Crippen LogP contribution in [0.1, 0.15) is 47.0 Å². The first-order valence-corrected chi connectivity index (χ1v) is 6.42. The number of amides is 1. The summed E-state index contributed by atoms with van der Waals surface area (Å²) in [6.45, 7) is 9.37. The van der Waals surface area contributed by atoms with Gasteiger partial charge in [0.15, 0.2) is 0 Å². The number of hydrogen-bond donors (Lipinski definition) is 1. The molecule has 1 aliphatic heterocycles. The summed E-state index contributed by atoms with van der Waals surface area (Å²) in [6.07, 6.45) is 2.72. The van der Waals surface area contributed by atoms with Crippen LogP contribution in [0.2, 0.25) is 0 Å². The summed E-state index contributed by atoms with van der Waals surface area (Å²) in [4.78, 5) is 14.3. The fraction of sp³-hybridized carbons (Fsp3) is 0.923. The van der Waals surface area contributed by atoms with Crippen LogP contribution in [-0.2, 0) is 9.53 Å². The first-order valence-electron chi connectivity index (χ1n) is 6.42. The summed E-state index contributed by atoms with van der Waals surface area (Å²) in [5.41, 5.74) is 4.94. The van der Waals surface area contributed by atoms with Crippen LogP contribution in [0.25, 0.3) is 0 Å². The minimum absolute atomic E-state index is 0.105. The normalized spacial score (nSPS) is 29.6. The Kier molecular flexibility index (Phi) is 2.79. The van der Waals surface area contributed by atoms with Crippen molar-refractivity contribution in [2.75, 3.05) is 13.1 Å². The van der Waals surface area contributed by atoms with Gasteiger partial charge in [0.2, 0.25) is 5.91 Å². The summed E-state index contributed by atoms with van der Waals surface area (Å²) in [6, 6.07) is 0. The highest BCUT2D eigenvalue weighted by Gasteiger charge is 2.47. The lowest BCUT2D eigenvalue weighted by Gasteiger charge is -2.50. The predicted octanol–water partition coefficient (Wildman–Crippen LogP) is 1.28. The first kappa shape index (κ1) is 12.8. The molecule has 2 fully saturated rings. The van der Waals surface area contributed by atoms with Gasteiger partial charge in [-0.1, -0.05) is 0 Å². The average molecular weight is 240 g/mol. The summed E-state index contributed by atoms with van der Waals surface area (Å²) in [7, 11) is 0. The van der Waals surface area contributed by atoms with Crippen molar-refractivity contribution in [3.05, 3.63) is 0 Å². The van der Waals surface area contributed by atoms with Gasteiger partial charge in [-0.3, -0.25) is 4.79 Å². The van der Waals surface area contributed by atoms with Crippen LogP contribution in [0.4, 0.5) is 0 Å². The van der Waals surface area contributed by atoms with Gasteiger partial charge in [0.25, 0.3) is 0 Å². The molecule has 2 aliphatic rings. The molecule has 1 saturated heterocycles. The monoisotopic (exact) mass is 240 g/mol. The molecular formula is C13H24N2O2. The Morgan fingerprint density at radius 1 is 1.12 bits per heavy atom. The van der Waals surface area contributed by atoms with Gasteiger partial charge < -0.3 is 15.4 Å². The summed E-state index contributed by atoms with van der Waals surface area (Å²) < 4.78 is 5.97. The van der Waals surface area contributed by atoms with Gasteiger partial charge in [0.05, 0.1) is 16.7 Å². The summed E-state index contributed by atoms with van der Waals surface area (Å²) >= 11 is 0. The summed E-state index contributed by atoms with van der Waals surface area (Å²) in [5.74, 6) is 0.105. The van der Waals surface area contributed by atoms with E-state index in [1.807, 2.05) is 32.6 Å². The molecule has 2 N–H and O–H groups in total. The van der Waals surface area contributed by atoms with E-state index in [1.165, 1.54) is 0 Å². The largest absolute Gasteiger partial charge is 0.366 e. The van der Waals surface area contributed by atoms with Crippen LogP contribution >= 0.6 is 0 Å². The van der Waals surface area contributed by atoms with E-state index in [0.29, 0.717) is 13.1 Å². The molecule has 1 heterocycles. The highest BCUT2D eigenvalue weighted by Crippen LogP contribution is 2.34. The predicted molar refractivity (Wildman–Crippen MR) is 66.6 cm³/mol. The second-order valence-corrected chi connectivity index (χ2v) is 6.79. The molecule has 2 rings (SSSR count). The molecule has 0 aromatic rings. The van der Waals surface area contributed by atoms with E-state index in [4.69, 9.17) is 10.5 Å². The van der Waals surface area contributed by atoms with Gasteiger partial charge in [0, 0.05) is 13.1 Å². The number of rotatable bonds is 1. The zero-order valence-electron chi connectivity index (χ0n) is 11.4. The molecule has 98 valence electrons. The van der Waals surface area contributed by atoms with Gasteiger partial charge in [-0.05, 0) is 47.0 Å². The third kappa shape index (κ3) is 2.47. The Bertz CT molecular complexity index is 316. The maximum atomic E-state index is 12.4. The third-order valence-electron chi connectivity index (χ3n) is 3.65. The van der Waals surface area contributed by atoms with Crippen molar-refractivity contribution in [2.45, 2.75) is 63.7 Å². The SMILES string of the molecule is CC1(C)CN(C(=O)C2(N)CCC2)CC(C)(C)O1. The van der Waals surface area contributed by atoms with Gasteiger partial charge >= 0.3 is 0 Å². The molecule has 0 bridgehead atoms. The van der Waals surface area contributed by atoms with Crippen LogP contribution in [0.3, 0.4) is 0 Å². The van der Waals surface area contributed by atoms with Crippen molar-refractivity contribution in [1.82, 2.24) is 4.90 Å². The van der Waals surface area contributed by atoms with Crippen LogP contribution < -0.4 is 5.73 Å². The molecule has 0 aromatic carbocycles. The van der Waals surface area contributed by atoms with E-state index in [-0.39, 0.29) is 17.1 Å². The minimum Gasteiger partial charge on any atom is -0.366 e. The first-order chi connectivity index (χ1) is 7.64. The fourth-order valence-electron chi connectivity index (χ4n) is 3.02. The Hall–Kier alpha value is -0.610. The lowest BCUT2D eigenvalue weighted by Crippen LogP contribution is -2.66. The molecule has 1 aliphatic carbocycles. The average Bonchev–Trinajstić information content (AvgIpc) is 2.07. The van der Waals surface area contributed by atoms with Crippen LogP contribution in [0, 0.1) is 0 Å². The quantitative estimate of drug-likeness (QED) is 0.751. The molecular weight excluding hydrogens is 216 g/mol. The Morgan fingerprint density at radius 2 is 1.59 bits per heavy atom. The standard InChI is InChI=1S/C13H24N2O2/c1-11(2)8-15(9-12(3,4)17-11)10(16)13(14)6-5-7-13/h5-9,14H2,1-4H3. The smallest absolute Gasteiger partial charge is 0.242 e. The van der Waals surface area contributed by atoms with Crippen molar-refractivity contribution in [3.8, 4) is 0 Å². The lowest BCUT2D eigenvalue weighted by molar-refractivity contribution is -0.192. The molecule has 4 heteroatoms. The molecule has 17 heavy (non-hydrogen) atoms. The number of ether oxygens (including phenoxy) is 1. The maximum absolute atomic E-state index is 12.4. The molecule has 0 aromatic heterocycles. The highest BCUT2D eigenvalue weighted by molar-refractivity contribution is 5.87. The number of hydrogen-bond acceptors (Lipinski definition) is 3. The third-order valence-corrected chi connectivity index (χ3v) is 3.65. The molecule has 0 radical (unpaired) electrons. The Labute approximate surface area is 103 Å². The lowest BCUT2D eigenvalue weighted by atomic mass is 9.76. The Morgan fingerprint density at radius 3 is 1.94 bits per heavy atom. The fourth-order valence-corrected chi connectivity index (χ4v) is 3.02. The van der Waals surface area contributed by atoms with Crippen molar-refractivity contribution in [3.63, 3.8) is 0 Å². The van der Waals surface area contributed by atoms with Gasteiger partial charge in [-0.2, -0.15) is 0 Å². The second-order valence-electron chi connectivity index (χ2n) is 6.79. The zero-order valence-corrected chi connectivity index (χ0v) is 11.4. The van der Waals surface area contributed by atoms with Gasteiger partial charge in [-0.15, -0.1) is 0 Å². The van der Waals surface area contributed by atoms with Crippen molar-refractivity contribution < 1.29 is 9.53 Å². The molecule has 0 unspecified atom stereocenters. The van der Waals surface area contributed by atoms with Gasteiger partial charge in [0.1, 0.15) is 0 Å². The number of carbonyl (C=O) groups is 1. The number of morpholine rings is 1. The minimum atomic E-state index is -0.594. The zero-order chi connectivity index (χ0) is 12.9. The molecule has 4 nitrogen and oxygen atoms in total. The van der Waals surface area contributed by atoms with E-state index in [2.05, 4.69) is 0 Å². The topological polar surface area (TPSA) is 55.6 Å². The van der Waals surface area contributed by atoms with Crippen LogP contribution in [-0.4, -0.2) is 40.6 Å². The van der Waals surface area contributed by atoms with Crippen molar-refractivity contribution in [2.24, 2.45) is 5.73 Å². The van der Waals surface area contributed by atoms with Crippen LogP contribution in [0.15, 0.2) is 0 Å². The van der Waals surface area contributed by atoms with Crippen molar-refractivity contribution in [1.29, 1.82) is 0 Å². The highest BCUT2D eigenvalue weighted by atomic mass is 16.5. The Balaban J connectivity index is 2.13. The molecule has 0 atom stereocenters. The number of carbonyl (C=O) groups excluding carboxylic acids is 1. The number of nitrogens with two attached hydrogens (primary N) is 1. The second kappa shape index (κ2) is 3.69. The van der Waals surface area contributed by atoms with Crippen molar-refractivity contribution >= 4 is 5.91 Å². The number of nitrogens with zero attached hydrogens (tertiary/aromatic N) is 1. The van der Waals surface area contributed by atoms with E-state index < -0.39 is 5.54 Å².